The first-order chi connectivity index (χ1) is 5.27. The van der Waals surface area contributed by atoms with Crippen LogP contribution in [0.25, 0.3) is 0 Å². The zero-order chi connectivity index (χ0) is 7.84. The highest BCUT2D eigenvalue weighted by atomic mass is 35.5. The molecule has 2 fully saturated rings. The number of thioether (sulfide) groups is 1. The van der Waals surface area contributed by atoms with Gasteiger partial charge in [-0.25, -0.2) is 0 Å². The van der Waals surface area contributed by atoms with Crippen molar-refractivity contribution in [3.05, 3.63) is 0 Å². The molecule has 0 aromatic rings. The van der Waals surface area contributed by atoms with Gasteiger partial charge in [-0.05, 0) is 19.9 Å². The van der Waals surface area contributed by atoms with Crippen LogP contribution in [-0.2, 0) is 0 Å². The molecule has 2 N–H and O–H groups in total. The predicted molar refractivity (Wildman–Crippen MR) is 64.4 cm³/mol. The molecule has 2 nitrogen and oxygen atoms in total. The van der Waals surface area contributed by atoms with Gasteiger partial charge in [0.1, 0.15) is 0 Å². The summed E-state index contributed by atoms with van der Waals surface area (Å²) in [5.74, 6) is 2.58. The van der Waals surface area contributed by atoms with Gasteiger partial charge >= 0.3 is 0 Å². The van der Waals surface area contributed by atoms with E-state index in [1.807, 2.05) is 0 Å². The van der Waals surface area contributed by atoms with Crippen LogP contribution in [0.4, 0.5) is 0 Å². The molecular weight excluding hydrogens is 227 g/mol. The number of hydrogen-bond acceptors (Lipinski definition) is 3. The largest absolute Gasteiger partial charge is 0.328 e. The van der Waals surface area contributed by atoms with E-state index in [9.17, 15) is 0 Å². The average Bonchev–Trinajstić information content (AvgIpc) is 1.92. The van der Waals surface area contributed by atoms with Crippen molar-refractivity contribution in [1.29, 1.82) is 0 Å². The maximum absolute atomic E-state index is 5.95. The fraction of sp³-hybridized carbons (Fsp3) is 1.00. The molecule has 2 bridgehead atoms. The minimum atomic E-state index is 0. The molecule has 2 rings (SSSR count). The number of nitrogens with two attached hydrogens (primary N) is 1. The topological polar surface area (TPSA) is 29.3 Å². The molecule has 0 spiro atoms. The molecule has 2 heterocycles. The Kier molecular flexibility index (Phi) is 6.03. The molecule has 1 unspecified atom stereocenters. The number of piperidine rings is 1. The van der Waals surface area contributed by atoms with E-state index in [0.29, 0.717) is 6.04 Å². The second-order valence-electron chi connectivity index (χ2n) is 3.74. The molecule has 0 aromatic heterocycles. The highest BCUT2D eigenvalue weighted by molar-refractivity contribution is 7.99. The van der Waals surface area contributed by atoms with Gasteiger partial charge in [-0.1, -0.05) is 0 Å². The quantitative estimate of drug-likeness (QED) is 0.699. The molecule has 0 saturated carbocycles. The highest BCUT2D eigenvalue weighted by Gasteiger charge is 2.34. The van der Waals surface area contributed by atoms with E-state index in [4.69, 9.17) is 5.73 Å². The van der Waals surface area contributed by atoms with Gasteiger partial charge in [-0.2, -0.15) is 11.8 Å². The fourth-order valence-corrected chi connectivity index (χ4v) is 3.56. The summed E-state index contributed by atoms with van der Waals surface area (Å²) in [6.07, 6.45) is 2.42. The van der Waals surface area contributed by atoms with Gasteiger partial charge in [0, 0.05) is 29.6 Å². The van der Waals surface area contributed by atoms with Crippen LogP contribution in [0.15, 0.2) is 0 Å². The van der Waals surface area contributed by atoms with E-state index >= 15 is 0 Å². The third-order valence-electron chi connectivity index (χ3n) is 2.92. The number of rotatable bonds is 0. The van der Waals surface area contributed by atoms with Gasteiger partial charge in [0.15, 0.2) is 0 Å². The number of hydrogen-bond donors (Lipinski definition) is 1. The summed E-state index contributed by atoms with van der Waals surface area (Å²) in [7, 11) is 2.25. The Hall–Kier alpha value is 0.850. The lowest BCUT2D eigenvalue weighted by molar-refractivity contribution is 0.123. The minimum absolute atomic E-state index is 0. The van der Waals surface area contributed by atoms with Crippen molar-refractivity contribution < 1.29 is 0 Å². The Labute approximate surface area is 96.8 Å². The lowest BCUT2D eigenvalue weighted by Gasteiger charge is -2.45. The van der Waals surface area contributed by atoms with E-state index in [-0.39, 0.29) is 24.8 Å². The van der Waals surface area contributed by atoms with Gasteiger partial charge in [-0.15, -0.1) is 24.8 Å². The van der Waals surface area contributed by atoms with Crippen LogP contribution in [0.3, 0.4) is 0 Å². The van der Waals surface area contributed by atoms with Gasteiger partial charge in [-0.3, -0.25) is 4.90 Å². The van der Waals surface area contributed by atoms with E-state index < -0.39 is 0 Å². The van der Waals surface area contributed by atoms with Crippen LogP contribution in [0.5, 0.6) is 0 Å². The zero-order valence-corrected chi connectivity index (χ0v) is 10.3. The first-order valence-electron chi connectivity index (χ1n) is 4.32. The summed E-state index contributed by atoms with van der Waals surface area (Å²) >= 11 is 2.10. The standard InChI is InChI=1S/C8H16N2S.2ClH/c1-10-7-2-6(9)3-8(10)5-11-4-7;;/h6-8H,2-5,9H2,1H3;2*1H/t6?,7-,8+;;. The third kappa shape index (κ3) is 2.90. The summed E-state index contributed by atoms with van der Waals surface area (Å²) in [5, 5.41) is 0. The highest BCUT2D eigenvalue weighted by Crippen LogP contribution is 2.30. The van der Waals surface area contributed by atoms with Crippen molar-refractivity contribution in [3.8, 4) is 0 Å². The maximum Gasteiger partial charge on any atom is 0.0201 e. The van der Waals surface area contributed by atoms with Crippen LogP contribution in [0.2, 0.25) is 0 Å². The molecule has 13 heavy (non-hydrogen) atoms. The molecule has 80 valence electrons. The van der Waals surface area contributed by atoms with Crippen molar-refractivity contribution in [2.45, 2.75) is 31.0 Å². The average molecular weight is 245 g/mol. The number of halogens is 2. The third-order valence-corrected chi connectivity index (χ3v) is 4.16. The van der Waals surface area contributed by atoms with E-state index in [2.05, 4.69) is 23.7 Å². The second kappa shape index (κ2) is 5.66. The molecule has 0 aliphatic carbocycles. The molecule has 2 aliphatic rings. The van der Waals surface area contributed by atoms with Gasteiger partial charge < -0.3 is 5.73 Å². The maximum atomic E-state index is 5.95. The summed E-state index contributed by atoms with van der Waals surface area (Å²) in [5.41, 5.74) is 5.95. The van der Waals surface area contributed by atoms with Crippen LogP contribution in [0.1, 0.15) is 12.8 Å². The molecule has 5 heteroatoms. The molecular formula is C8H18Cl2N2S. The van der Waals surface area contributed by atoms with Crippen molar-refractivity contribution in [1.82, 2.24) is 4.90 Å². The van der Waals surface area contributed by atoms with Crippen LogP contribution in [0, 0.1) is 0 Å². The lowest BCUT2D eigenvalue weighted by atomic mass is 9.94. The second-order valence-corrected chi connectivity index (χ2v) is 4.82. The Morgan fingerprint density at radius 3 is 2.08 bits per heavy atom. The van der Waals surface area contributed by atoms with Gasteiger partial charge in [0.2, 0.25) is 0 Å². The van der Waals surface area contributed by atoms with E-state index in [1.165, 1.54) is 24.3 Å². The Morgan fingerprint density at radius 1 is 1.15 bits per heavy atom. The lowest BCUT2D eigenvalue weighted by Crippen LogP contribution is -2.55. The van der Waals surface area contributed by atoms with Crippen molar-refractivity contribution in [2.24, 2.45) is 5.73 Å². The fourth-order valence-electron chi connectivity index (χ4n) is 2.14. The molecule has 0 radical (unpaired) electrons. The van der Waals surface area contributed by atoms with Gasteiger partial charge in [0.25, 0.3) is 0 Å². The molecule has 2 aliphatic heterocycles. The number of fused-ring (bicyclic) bond motifs is 2. The van der Waals surface area contributed by atoms with Crippen LogP contribution >= 0.6 is 36.6 Å². The number of nitrogens with zero attached hydrogens (tertiary/aromatic N) is 1. The van der Waals surface area contributed by atoms with E-state index in [1.54, 1.807) is 0 Å². The smallest absolute Gasteiger partial charge is 0.0201 e. The summed E-state index contributed by atoms with van der Waals surface area (Å²) in [4.78, 5) is 2.53. The van der Waals surface area contributed by atoms with Crippen LogP contribution < -0.4 is 5.73 Å². The van der Waals surface area contributed by atoms with Crippen molar-refractivity contribution >= 4 is 36.6 Å². The summed E-state index contributed by atoms with van der Waals surface area (Å²) < 4.78 is 0. The van der Waals surface area contributed by atoms with Crippen molar-refractivity contribution in [2.75, 3.05) is 18.6 Å². The Bertz CT molecular complexity index is 145. The first-order valence-corrected chi connectivity index (χ1v) is 5.48. The predicted octanol–water partition coefficient (Wildman–Crippen LogP) is 1.37. The molecule has 3 atom stereocenters. The van der Waals surface area contributed by atoms with Crippen molar-refractivity contribution in [3.63, 3.8) is 0 Å². The molecule has 0 amide bonds. The zero-order valence-electron chi connectivity index (χ0n) is 7.81. The summed E-state index contributed by atoms with van der Waals surface area (Å²) in [6.45, 7) is 0. The van der Waals surface area contributed by atoms with E-state index in [0.717, 1.165) is 12.1 Å². The molecule has 0 aromatic carbocycles. The summed E-state index contributed by atoms with van der Waals surface area (Å²) in [6, 6.07) is 2.01. The molecule has 2 saturated heterocycles. The SMILES string of the molecule is CN1[C@@H]2CSC[C@H]1CC(N)C2.Cl.Cl. The Morgan fingerprint density at radius 2 is 1.62 bits per heavy atom. The monoisotopic (exact) mass is 244 g/mol. The Balaban J connectivity index is 0.000000720. The first kappa shape index (κ1) is 13.8. The van der Waals surface area contributed by atoms with Crippen LogP contribution in [-0.4, -0.2) is 41.6 Å². The minimum Gasteiger partial charge on any atom is -0.328 e. The normalized spacial score (nSPS) is 38.8. The van der Waals surface area contributed by atoms with Gasteiger partial charge in [0.05, 0.1) is 0 Å².